The Kier molecular flexibility index (Phi) is 5.25. The summed E-state index contributed by atoms with van der Waals surface area (Å²) in [5.74, 6) is -0.439. The molecule has 1 amide bonds. The second-order valence-corrected chi connectivity index (χ2v) is 9.03. The molecule has 10 heteroatoms. The lowest BCUT2D eigenvalue weighted by molar-refractivity contribution is -0.0532. The van der Waals surface area contributed by atoms with Gasteiger partial charge in [0.15, 0.2) is 0 Å². The number of rotatable bonds is 2. The zero-order valence-electron chi connectivity index (χ0n) is 14.4. The highest BCUT2D eigenvalue weighted by molar-refractivity contribution is 7.87. The molecule has 1 atom stereocenters. The van der Waals surface area contributed by atoms with Crippen LogP contribution in [0.3, 0.4) is 0 Å². The monoisotopic (exact) mass is 373 g/mol. The molecule has 0 spiro atoms. The second kappa shape index (κ2) is 6.12. The van der Waals surface area contributed by atoms with Gasteiger partial charge in [0.2, 0.25) is 0 Å². The number of alkyl halides is 3. The molecule has 1 heterocycles. The van der Waals surface area contributed by atoms with E-state index < -0.39 is 44.5 Å². The highest BCUT2D eigenvalue weighted by Gasteiger charge is 2.52. The van der Waals surface area contributed by atoms with Crippen LogP contribution in [0.25, 0.3) is 0 Å². The molecule has 0 aliphatic carbocycles. The van der Waals surface area contributed by atoms with Crippen molar-refractivity contribution in [3.8, 4) is 0 Å². The number of hydrogen-bond donors (Lipinski definition) is 0. The molecule has 0 saturated carbocycles. The summed E-state index contributed by atoms with van der Waals surface area (Å²) in [5, 5.41) is 0. The average Bonchev–Trinajstić information content (AvgIpc) is 2.67. The standard InChI is InChI=1S/C14H22F3NO5S/c1-12(2,3)10-9(23-24(20,21)14(15,16)17)7-8-18(10)11(19)22-13(4,5)6/h7,10H,8H2,1-6H3. The van der Waals surface area contributed by atoms with Gasteiger partial charge in [0.05, 0.1) is 6.04 Å². The van der Waals surface area contributed by atoms with E-state index >= 15 is 0 Å². The molecule has 1 unspecified atom stereocenters. The molecule has 0 N–H and O–H groups in total. The minimum Gasteiger partial charge on any atom is -0.444 e. The summed E-state index contributed by atoms with van der Waals surface area (Å²) in [7, 11) is -5.81. The van der Waals surface area contributed by atoms with Gasteiger partial charge in [-0.15, -0.1) is 0 Å². The van der Waals surface area contributed by atoms with Crippen LogP contribution in [0.4, 0.5) is 18.0 Å². The van der Waals surface area contributed by atoms with Crippen LogP contribution in [0, 0.1) is 5.41 Å². The summed E-state index contributed by atoms with van der Waals surface area (Å²) in [6.45, 7) is 9.77. The van der Waals surface area contributed by atoms with Gasteiger partial charge in [0.1, 0.15) is 11.4 Å². The topological polar surface area (TPSA) is 72.9 Å². The lowest BCUT2D eigenvalue weighted by Crippen LogP contribution is -2.47. The van der Waals surface area contributed by atoms with Gasteiger partial charge in [-0.2, -0.15) is 21.6 Å². The first-order valence-electron chi connectivity index (χ1n) is 7.16. The van der Waals surface area contributed by atoms with Crippen molar-refractivity contribution >= 4 is 16.2 Å². The minimum atomic E-state index is -5.81. The van der Waals surface area contributed by atoms with Crippen LogP contribution in [-0.4, -0.2) is 43.1 Å². The maximum atomic E-state index is 12.5. The molecule has 6 nitrogen and oxygen atoms in total. The van der Waals surface area contributed by atoms with Crippen LogP contribution in [0.5, 0.6) is 0 Å². The Balaban J connectivity index is 3.11. The molecule has 0 aromatic heterocycles. The van der Waals surface area contributed by atoms with Crippen LogP contribution in [0.1, 0.15) is 41.5 Å². The fourth-order valence-corrected chi connectivity index (χ4v) is 2.71. The third-order valence-corrected chi connectivity index (χ3v) is 3.99. The van der Waals surface area contributed by atoms with Gasteiger partial charge < -0.3 is 8.92 Å². The highest BCUT2D eigenvalue weighted by atomic mass is 32.2. The first-order chi connectivity index (χ1) is 10.5. The Bertz CT molecular complexity index is 626. The third-order valence-electron chi connectivity index (χ3n) is 3.01. The van der Waals surface area contributed by atoms with E-state index in [1.165, 1.54) is 0 Å². The Labute approximate surface area is 139 Å². The van der Waals surface area contributed by atoms with E-state index in [0.717, 1.165) is 11.0 Å². The summed E-state index contributed by atoms with van der Waals surface area (Å²) < 4.78 is 69.6. The Morgan fingerprint density at radius 2 is 1.67 bits per heavy atom. The normalized spacial score (nSPS) is 20.0. The van der Waals surface area contributed by atoms with Crippen molar-refractivity contribution in [1.82, 2.24) is 4.90 Å². The molecule has 0 aromatic carbocycles. The minimum absolute atomic E-state index is 0.112. The predicted molar refractivity (Wildman–Crippen MR) is 80.3 cm³/mol. The van der Waals surface area contributed by atoms with Crippen molar-refractivity contribution in [2.75, 3.05) is 6.54 Å². The number of carbonyl (C=O) groups excluding carboxylic acids is 1. The molecule has 0 aromatic rings. The molecule has 0 fully saturated rings. The van der Waals surface area contributed by atoms with Gasteiger partial charge >= 0.3 is 21.7 Å². The van der Waals surface area contributed by atoms with Gasteiger partial charge in [-0.3, -0.25) is 4.90 Å². The van der Waals surface area contributed by atoms with E-state index in [1.807, 2.05) is 0 Å². The van der Waals surface area contributed by atoms with Crippen molar-refractivity contribution in [3.05, 3.63) is 11.8 Å². The lowest BCUT2D eigenvalue weighted by atomic mass is 9.86. The van der Waals surface area contributed by atoms with Crippen molar-refractivity contribution in [1.29, 1.82) is 0 Å². The molecule has 0 saturated heterocycles. The van der Waals surface area contributed by atoms with E-state index in [4.69, 9.17) is 4.74 Å². The Hall–Kier alpha value is -1.45. The van der Waals surface area contributed by atoms with Crippen molar-refractivity contribution in [2.45, 2.75) is 58.7 Å². The van der Waals surface area contributed by atoms with Gasteiger partial charge in [0, 0.05) is 6.54 Å². The first-order valence-corrected chi connectivity index (χ1v) is 8.57. The van der Waals surface area contributed by atoms with Gasteiger partial charge in [-0.25, -0.2) is 4.79 Å². The van der Waals surface area contributed by atoms with Crippen LogP contribution in [0.2, 0.25) is 0 Å². The van der Waals surface area contributed by atoms with E-state index in [1.54, 1.807) is 41.5 Å². The number of ether oxygens (including phenoxy) is 1. The summed E-state index contributed by atoms with van der Waals surface area (Å²) >= 11 is 0. The molecule has 1 aliphatic rings. The number of nitrogens with zero attached hydrogens (tertiary/aromatic N) is 1. The molecule has 1 aliphatic heterocycles. The van der Waals surface area contributed by atoms with Crippen molar-refractivity contribution < 1.29 is 35.3 Å². The number of carbonyl (C=O) groups is 1. The molecular formula is C14H22F3NO5S. The quantitative estimate of drug-likeness (QED) is 0.548. The zero-order valence-corrected chi connectivity index (χ0v) is 15.2. The first kappa shape index (κ1) is 20.6. The molecular weight excluding hydrogens is 351 g/mol. The van der Waals surface area contributed by atoms with Crippen molar-refractivity contribution in [2.24, 2.45) is 5.41 Å². The number of amides is 1. The summed E-state index contributed by atoms with van der Waals surface area (Å²) in [4.78, 5) is 13.4. The van der Waals surface area contributed by atoms with Crippen LogP contribution in [-0.2, 0) is 19.0 Å². The Morgan fingerprint density at radius 1 is 1.17 bits per heavy atom. The highest BCUT2D eigenvalue weighted by Crippen LogP contribution is 2.38. The van der Waals surface area contributed by atoms with Crippen LogP contribution in [0.15, 0.2) is 11.8 Å². The maximum absolute atomic E-state index is 12.5. The molecule has 0 radical (unpaired) electrons. The summed E-state index contributed by atoms with van der Waals surface area (Å²) in [6.07, 6.45) is 0.380. The largest absolute Gasteiger partial charge is 0.534 e. The lowest BCUT2D eigenvalue weighted by Gasteiger charge is -2.37. The fraction of sp³-hybridized carbons (Fsp3) is 0.786. The van der Waals surface area contributed by atoms with Gasteiger partial charge in [0.25, 0.3) is 0 Å². The predicted octanol–water partition coefficient (Wildman–Crippen LogP) is 3.40. The van der Waals surface area contributed by atoms with Crippen LogP contribution >= 0.6 is 0 Å². The SMILES string of the molecule is CC(C)(C)OC(=O)N1CC=C(OS(=O)(=O)C(F)(F)F)C1C(C)(C)C. The maximum Gasteiger partial charge on any atom is 0.534 e. The second-order valence-electron chi connectivity index (χ2n) is 7.49. The Morgan fingerprint density at radius 3 is 2.04 bits per heavy atom. The van der Waals surface area contributed by atoms with Crippen molar-refractivity contribution in [3.63, 3.8) is 0 Å². The van der Waals surface area contributed by atoms with Gasteiger partial charge in [-0.1, -0.05) is 20.8 Å². The summed E-state index contributed by atoms with van der Waals surface area (Å²) in [6, 6.07) is -1.01. The van der Waals surface area contributed by atoms with E-state index in [9.17, 15) is 26.4 Å². The average molecular weight is 373 g/mol. The van der Waals surface area contributed by atoms with E-state index in [0.29, 0.717) is 0 Å². The van der Waals surface area contributed by atoms with E-state index in [2.05, 4.69) is 4.18 Å². The molecule has 140 valence electrons. The molecule has 24 heavy (non-hydrogen) atoms. The third kappa shape index (κ3) is 4.78. The summed E-state index contributed by atoms with van der Waals surface area (Å²) in [5.41, 5.74) is -7.13. The number of halogens is 3. The fourth-order valence-electron chi connectivity index (χ4n) is 2.21. The zero-order chi connectivity index (χ0) is 19.1. The smallest absolute Gasteiger partial charge is 0.444 e. The van der Waals surface area contributed by atoms with Crippen LogP contribution < -0.4 is 0 Å². The van der Waals surface area contributed by atoms with Gasteiger partial charge in [-0.05, 0) is 32.3 Å². The molecule has 1 rings (SSSR count). The number of hydrogen-bond acceptors (Lipinski definition) is 5. The van der Waals surface area contributed by atoms with E-state index in [-0.39, 0.29) is 6.54 Å². The molecule has 0 bridgehead atoms.